The quantitative estimate of drug-likeness (QED) is 0.728. The van der Waals surface area contributed by atoms with E-state index in [1.807, 2.05) is 0 Å². The van der Waals surface area contributed by atoms with Crippen LogP contribution in [0.4, 0.5) is 11.6 Å². The number of halogens is 1. The van der Waals surface area contributed by atoms with Crippen molar-refractivity contribution in [3.05, 3.63) is 10.8 Å². The van der Waals surface area contributed by atoms with E-state index < -0.39 is 0 Å². The largest absolute Gasteiger partial charge is 0.385 e. The summed E-state index contributed by atoms with van der Waals surface area (Å²) in [6, 6.07) is 0. The summed E-state index contributed by atoms with van der Waals surface area (Å²) in [5, 5.41) is 0. The fraction of sp³-hybridized carbons (Fsp3) is 0.636. The monoisotopic (exact) mass is 318 g/mol. The highest BCUT2D eigenvalue weighted by Gasteiger charge is 2.13. The number of nitrogens with two attached hydrogens (primary N) is 1. The van der Waals surface area contributed by atoms with Crippen molar-refractivity contribution in [3.63, 3.8) is 0 Å². The van der Waals surface area contributed by atoms with Gasteiger partial charge in [0.25, 0.3) is 0 Å². The first-order valence-corrected chi connectivity index (χ1v) is 6.48. The first kappa shape index (κ1) is 15.1. The van der Waals surface area contributed by atoms with Crippen molar-refractivity contribution in [1.29, 1.82) is 0 Å². The van der Waals surface area contributed by atoms with Gasteiger partial charge in [0.1, 0.15) is 22.4 Å². The van der Waals surface area contributed by atoms with Gasteiger partial charge in [-0.3, -0.25) is 0 Å². The van der Waals surface area contributed by atoms with Gasteiger partial charge in [-0.2, -0.15) is 0 Å². The van der Waals surface area contributed by atoms with Crippen molar-refractivity contribution in [3.8, 4) is 0 Å². The van der Waals surface area contributed by atoms with Crippen LogP contribution in [0, 0.1) is 0 Å². The molecule has 0 amide bonds. The van der Waals surface area contributed by atoms with Crippen molar-refractivity contribution in [2.75, 3.05) is 51.2 Å². The lowest BCUT2D eigenvalue weighted by Crippen LogP contribution is -2.30. The SMILES string of the molecule is COCCCN(CCOC)c1ncnc(N)c1Br. The average Bonchev–Trinajstić information content (AvgIpc) is 2.37. The molecule has 1 aromatic rings. The zero-order chi connectivity index (χ0) is 13.4. The molecule has 0 radical (unpaired) electrons. The maximum atomic E-state index is 5.76. The summed E-state index contributed by atoms with van der Waals surface area (Å²) in [4.78, 5) is 10.3. The Hall–Kier alpha value is -0.920. The number of nitrogens with zero attached hydrogens (tertiary/aromatic N) is 3. The van der Waals surface area contributed by atoms with Crippen LogP contribution in [0.1, 0.15) is 6.42 Å². The summed E-state index contributed by atoms with van der Waals surface area (Å²) in [6.07, 6.45) is 2.38. The molecular weight excluding hydrogens is 300 g/mol. The molecule has 7 heteroatoms. The Balaban J connectivity index is 2.76. The van der Waals surface area contributed by atoms with E-state index in [1.54, 1.807) is 14.2 Å². The summed E-state index contributed by atoms with van der Waals surface area (Å²) >= 11 is 3.42. The van der Waals surface area contributed by atoms with Crippen LogP contribution in [0.2, 0.25) is 0 Å². The summed E-state index contributed by atoms with van der Waals surface area (Å²) in [5.41, 5.74) is 5.76. The molecule has 2 N–H and O–H groups in total. The third-order valence-corrected chi connectivity index (χ3v) is 3.20. The number of nitrogen functional groups attached to an aromatic ring is 1. The van der Waals surface area contributed by atoms with Gasteiger partial charge < -0.3 is 20.1 Å². The predicted octanol–water partition coefficient (Wildman–Crippen LogP) is 1.31. The highest BCUT2D eigenvalue weighted by Crippen LogP contribution is 2.27. The van der Waals surface area contributed by atoms with E-state index in [2.05, 4.69) is 30.8 Å². The standard InChI is InChI=1S/C11H19BrN4O2/c1-17-6-3-4-16(5-7-18-2)11-9(12)10(13)14-8-15-11/h8H,3-7H2,1-2H3,(H2,13,14,15). The Morgan fingerprint density at radius 2 is 1.94 bits per heavy atom. The van der Waals surface area contributed by atoms with Crippen LogP contribution in [-0.4, -0.2) is 50.5 Å². The number of hydrogen-bond acceptors (Lipinski definition) is 6. The molecule has 1 rings (SSSR count). The maximum absolute atomic E-state index is 5.76. The second-order valence-corrected chi connectivity index (χ2v) is 4.52. The average molecular weight is 319 g/mol. The molecule has 0 aromatic carbocycles. The molecule has 0 saturated heterocycles. The van der Waals surface area contributed by atoms with Gasteiger partial charge in [0.05, 0.1) is 6.61 Å². The van der Waals surface area contributed by atoms with Gasteiger partial charge in [-0.15, -0.1) is 0 Å². The van der Waals surface area contributed by atoms with E-state index in [0.29, 0.717) is 19.0 Å². The van der Waals surface area contributed by atoms with Crippen molar-refractivity contribution < 1.29 is 9.47 Å². The van der Waals surface area contributed by atoms with E-state index in [0.717, 1.165) is 29.8 Å². The molecule has 0 atom stereocenters. The second-order valence-electron chi connectivity index (χ2n) is 3.72. The van der Waals surface area contributed by atoms with Crippen molar-refractivity contribution in [1.82, 2.24) is 9.97 Å². The van der Waals surface area contributed by atoms with Crippen LogP contribution < -0.4 is 10.6 Å². The third-order valence-electron chi connectivity index (χ3n) is 2.44. The topological polar surface area (TPSA) is 73.5 Å². The third kappa shape index (κ3) is 4.40. The number of rotatable bonds is 8. The Bertz CT molecular complexity index is 365. The summed E-state index contributed by atoms with van der Waals surface area (Å²) in [6.45, 7) is 2.91. The van der Waals surface area contributed by atoms with Crippen LogP contribution in [0.15, 0.2) is 10.8 Å². The minimum atomic E-state index is 0.439. The lowest BCUT2D eigenvalue weighted by Gasteiger charge is -2.24. The van der Waals surface area contributed by atoms with Gasteiger partial charge in [0, 0.05) is 33.9 Å². The Morgan fingerprint density at radius 1 is 1.22 bits per heavy atom. The highest BCUT2D eigenvalue weighted by atomic mass is 79.9. The normalized spacial score (nSPS) is 10.6. The molecule has 0 spiro atoms. The molecule has 1 heterocycles. The molecule has 0 bridgehead atoms. The summed E-state index contributed by atoms with van der Waals surface area (Å²) in [5.74, 6) is 1.23. The number of aromatic nitrogens is 2. The van der Waals surface area contributed by atoms with Crippen LogP contribution in [0.25, 0.3) is 0 Å². The van der Waals surface area contributed by atoms with Crippen LogP contribution in [0.3, 0.4) is 0 Å². The van der Waals surface area contributed by atoms with Crippen LogP contribution in [0.5, 0.6) is 0 Å². The van der Waals surface area contributed by atoms with E-state index in [9.17, 15) is 0 Å². The summed E-state index contributed by atoms with van der Waals surface area (Å²) in [7, 11) is 3.37. The maximum Gasteiger partial charge on any atom is 0.148 e. The lowest BCUT2D eigenvalue weighted by atomic mass is 10.3. The fourth-order valence-corrected chi connectivity index (χ4v) is 1.97. The molecular formula is C11H19BrN4O2. The molecule has 102 valence electrons. The minimum Gasteiger partial charge on any atom is -0.385 e. The van der Waals surface area contributed by atoms with E-state index in [1.165, 1.54) is 6.33 Å². The second kappa shape index (κ2) is 8.23. The molecule has 0 fully saturated rings. The minimum absolute atomic E-state index is 0.439. The van der Waals surface area contributed by atoms with Crippen LogP contribution >= 0.6 is 15.9 Å². The molecule has 6 nitrogen and oxygen atoms in total. The van der Waals surface area contributed by atoms with E-state index >= 15 is 0 Å². The lowest BCUT2D eigenvalue weighted by molar-refractivity contribution is 0.191. The number of methoxy groups -OCH3 is 2. The van der Waals surface area contributed by atoms with Gasteiger partial charge in [-0.25, -0.2) is 9.97 Å². The zero-order valence-electron chi connectivity index (χ0n) is 10.7. The summed E-state index contributed by atoms with van der Waals surface area (Å²) < 4.78 is 10.9. The van der Waals surface area contributed by atoms with E-state index in [-0.39, 0.29) is 0 Å². The van der Waals surface area contributed by atoms with Gasteiger partial charge in [-0.05, 0) is 22.4 Å². The smallest absolute Gasteiger partial charge is 0.148 e. The van der Waals surface area contributed by atoms with Gasteiger partial charge in [-0.1, -0.05) is 0 Å². The number of hydrogen-bond donors (Lipinski definition) is 1. The van der Waals surface area contributed by atoms with Gasteiger partial charge >= 0.3 is 0 Å². The first-order valence-electron chi connectivity index (χ1n) is 5.69. The molecule has 0 aliphatic heterocycles. The van der Waals surface area contributed by atoms with Crippen molar-refractivity contribution in [2.24, 2.45) is 0 Å². The molecule has 1 aromatic heterocycles. The van der Waals surface area contributed by atoms with E-state index in [4.69, 9.17) is 15.2 Å². The van der Waals surface area contributed by atoms with Crippen LogP contribution in [-0.2, 0) is 9.47 Å². The molecule has 0 saturated carbocycles. The number of anilines is 2. The Morgan fingerprint density at radius 3 is 2.61 bits per heavy atom. The van der Waals surface area contributed by atoms with Crippen molar-refractivity contribution in [2.45, 2.75) is 6.42 Å². The number of ether oxygens (including phenoxy) is 2. The van der Waals surface area contributed by atoms with Crippen molar-refractivity contribution >= 4 is 27.6 Å². The zero-order valence-corrected chi connectivity index (χ0v) is 12.3. The molecule has 0 unspecified atom stereocenters. The molecule has 0 aliphatic carbocycles. The highest BCUT2D eigenvalue weighted by molar-refractivity contribution is 9.10. The molecule has 0 aliphatic rings. The Labute approximate surface area is 116 Å². The van der Waals surface area contributed by atoms with Gasteiger partial charge in [0.15, 0.2) is 0 Å². The Kier molecular flexibility index (Phi) is 6.92. The molecule has 18 heavy (non-hydrogen) atoms. The first-order chi connectivity index (χ1) is 8.70. The predicted molar refractivity (Wildman–Crippen MR) is 74.7 cm³/mol. The fourth-order valence-electron chi connectivity index (χ4n) is 1.52. The van der Waals surface area contributed by atoms with Gasteiger partial charge in [0.2, 0.25) is 0 Å².